The maximum atomic E-state index is 3.49. The molecule has 2 nitrogen and oxygen atoms in total. The van der Waals surface area contributed by atoms with Crippen molar-refractivity contribution in [3.05, 3.63) is 35.4 Å². The second-order valence-corrected chi connectivity index (χ2v) is 7.02. The molecule has 2 heteroatoms. The van der Waals surface area contributed by atoms with Gasteiger partial charge in [-0.05, 0) is 42.5 Å². The summed E-state index contributed by atoms with van der Waals surface area (Å²) in [5.74, 6) is 0. The fourth-order valence-electron chi connectivity index (χ4n) is 2.99. The number of benzene rings is 1. The normalized spacial score (nSPS) is 20.5. The van der Waals surface area contributed by atoms with E-state index in [9.17, 15) is 0 Å². The molecule has 112 valence electrons. The van der Waals surface area contributed by atoms with E-state index in [0.717, 1.165) is 25.7 Å². The summed E-state index contributed by atoms with van der Waals surface area (Å²) < 4.78 is 0. The zero-order chi connectivity index (χ0) is 14.6. The van der Waals surface area contributed by atoms with Crippen LogP contribution in [0.25, 0.3) is 0 Å². The molecule has 0 spiro atoms. The van der Waals surface area contributed by atoms with Crippen LogP contribution in [0.5, 0.6) is 0 Å². The van der Waals surface area contributed by atoms with Crippen LogP contribution in [0.4, 0.5) is 0 Å². The molecule has 0 saturated carbocycles. The standard InChI is InChI=1S/C18H30N2/c1-5-19-13-17-7-6-12-20(17)14-15-8-10-16(11-9-15)18(2,3)4/h8-11,17,19H,5-7,12-14H2,1-4H3. The first-order valence-electron chi connectivity index (χ1n) is 8.05. The first-order chi connectivity index (χ1) is 9.50. The van der Waals surface area contributed by atoms with Gasteiger partial charge in [0.25, 0.3) is 0 Å². The van der Waals surface area contributed by atoms with E-state index >= 15 is 0 Å². The summed E-state index contributed by atoms with van der Waals surface area (Å²) in [5, 5.41) is 3.49. The lowest BCUT2D eigenvalue weighted by Crippen LogP contribution is -2.37. The molecule has 1 heterocycles. The van der Waals surface area contributed by atoms with E-state index in [2.05, 4.69) is 62.2 Å². The third kappa shape index (κ3) is 4.07. The Hall–Kier alpha value is -0.860. The third-order valence-corrected chi connectivity index (χ3v) is 4.33. The van der Waals surface area contributed by atoms with Crippen molar-refractivity contribution in [2.75, 3.05) is 19.6 Å². The molecule has 1 saturated heterocycles. The molecule has 1 unspecified atom stereocenters. The van der Waals surface area contributed by atoms with Crippen LogP contribution < -0.4 is 5.32 Å². The van der Waals surface area contributed by atoms with E-state index in [0.29, 0.717) is 0 Å². The van der Waals surface area contributed by atoms with Crippen LogP contribution in [0.15, 0.2) is 24.3 Å². The fourth-order valence-corrected chi connectivity index (χ4v) is 2.99. The summed E-state index contributed by atoms with van der Waals surface area (Å²) in [4.78, 5) is 2.63. The van der Waals surface area contributed by atoms with Gasteiger partial charge in [-0.2, -0.15) is 0 Å². The van der Waals surface area contributed by atoms with Crippen molar-refractivity contribution in [2.24, 2.45) is 0 Å². The van der Waals surface area contributed by atoms with Crippen molar-refractivity contribution in [3.63, 3.8) is 0 Å². The highest BCUT2D eigenvalue weighted by Crippen LogP contribution is 2.24. The minimum atomic E-state index is 0.250. The van der Waals surface area contributed by atoms with Gasteiger partial charge in [0.05, 0.1) is 0 Å². The van der Waals surface area contributed by atoms with E-state index in [1.54, 1.807) is 0 Å². The van der Waals surface area contributed by atoms with Crippen LogP contribution in [0.2, 0.25) is 0 Å². The summed E-state index contributed by atoms with van der Waals surface area (Å²) in [5.41, 5.74) is 3.12. The maximum absolute atomic E-state index is 3.49. The lowest BCUT2D eigenvalue weighted by Gasteiger charge is -2.25. The quantitative estimate of drug-likeness (QED) is 0.883. The summed E-state index contributed by atoms with van der Waals surface area (Å²) >= 11 is 0. The fraction of sp³-hybridized carbons (Fsp3) is 0.667. The molecule has 2 rings (SSSR count). The van der Waals surface area contributed by atoms with Gasteiger partial charge >= 0.3 is 0 Å². The topological polar surface area (TPSA) is 15.3 Å². The molecular formula is C18H30N2. The summed E-state index contributed by atoms with van der Waals surface area (Å²) in [6, 6.07) is 9.93. The summed E-state index contributed by atoms with van der Waals surface area (Å²) in [6.07, 6.45) is 2.68. The zero-order valence-electron chi connectivity index (χ0n) is 13.6. The minimum Gasteiger partial charge on any atom is -0.315 e. The van der Waals surface area contributed by atoms with Crippen molar-refractivity contribution in [1.29, 1.82) is 0 Å². The van der Waals surface area contributed by atoms with E-state index in [1.165, 1.54) is 30.5 Å². The van der Waals surface area contributed by atoms with E-state index in [1.807, 2.05) is 0 Å². The monoisotopic (exact) mass is 274 g/mol. The van der Waals surface area contributed by atoms with Gasteiger partial charge in [-0.15, -0.1) is 0 Å². The molecule has 1 aromatic carbocycles. The van der Waals surface area contributed by atoms with Gasteiger partial charge in [0.1, 0.15) is 0 Å². The highest BCUT2D eigenvalue weighted by molar-refractivity contribution is 5.27. The Morgan fingerprint density at radius 3 is 2.50 bits per heavy atom. The minimum absolute atomic E-state index is 0.250. The Kier molecular flexibility index (Phi) is 5.22. The highest BCUT2D eigenvalue weighted by Gasteiger charge is 2.23. The van der Waals surface area contributed by atoms with Gasteiger partial charge in [-0.3, -0.25) is 4.90 Å². The van der Waals surface area contributed by atoms with E-state index in [-0.39, 0.29) is 5.41 Å². The number of hydrogen-bond donors (Lipinski definition) is 1. The first-order valence-corrected chi connectivity index (χ1v) is 8.05. The number of likely N-dealkylation sites (N-methyl/N-ethyl adjacent to an activating group) is 1. The van der Waals surface area contributed by atoms with Crippen molar-refractivity contribution in [3.8, 4) is 0 Å². The molecule has 1 aliphatic heterocycles. The smallest absolute Gasteiger partial charge is 0.0237 e. The highest BCUT2D eigenvalue weighted by atomic mass is 15.2. The molecule has 1 aromatic rings. The molecule has 1 atom stereocenters. The molecule has 1 N–H and O–H groups in total. The summed E-state index contributed by atoms with van der Waals surface area (Å²) in [7, 11) is 0. The van der Waals surface area contributed by atoms with Crippen LogP contribution in [0, 0.1) is 0 Å². The molecular weight excluding hydrogens is 244 g/mol. The number of nitrogens with one attached hydrogen (secondary N) is 1. The van der Waals surface area contributed by atoms with Crippen molar-refractivity contribution in [2.45, 2.75) is 58.5 Å². The molecule has 0 aliphatic carbocycles. The van der Waals surface area contributed by atoms with Gasteiger partial charge in [-0.1, -0.05) is 52.0 Å². The van der Waals surface area contributed by atoms with Gasteiger partial charge in [0.15, 0.2) is 0 Å². The molecule has 0 amide bonds. The van der Waals surface area contributed by atoms with E-state index in [4.69, 9.17) is 0 Å². The van der Waals surface area contributed by atoms with Gasteiger partial charge < -0.3 is 5.32 Å². The molecule has 0 radical (unpaired) electrons. The number of hydrogen-bond acceptors (Lipinski definition) is 2. The second-order valence-electron chi connectivity index (χ2n) is 7.02. The Bertz CT molecular complexity index is 402. The van der Waals surface area contributed by atoms with Crippen LogP contribution in [0.1, 0.15) is 51.7 Å². The number of likely N-dealkylation sites (tertiary alicyclic amines) is 1. The second kappa shape index (κ2) is 6.73. The van der Waals surface area contributed by atoms with Crippen molar-refractivity contribution in [1.82, 2.24) is 10.2 Å². The Morgan fingerprint density at radius 2 is 1.90 bits per heavy atom. The number of rotatable bonds is 5. The molecule has 0 aromatic heterocycles. The van der Waals surface area contributed by atoms with Crippen LogP contribution in [0.3, 0.4) is 0 Å². The predicted octanol–water partition coefficient (Wildman–Crippen LogP) is 3.56. The lowest BCUT2D eigenvalue weighted by molar-refractivity contribution is 0.240. The lowest BCUT2D eigenvalue weighted by atomic mass is 9.87. The predicted molar refractivity (Wildman–Crippen MR) is 87.1 cm³/mol. The molecule has 0 bridgehead atoms. The van der Waals surface area contributed by atoms with Crippen molar-refractivity contribution >= 4 is 0 Å². The summed E-state index contributed by atoms with van der Waals surface area (Å²) in [6.45, 7) is 13.6. The average molecular weight is 274 g/mol. The van der Waals surface area contributed by atoms with Crippen LogP contribution in [-0.4, -0.2) is 30.6 Å². The van der Waals surface area contributed by atoms with Gasteiger partial charge in [-0.25, -0.2) is 0 Å². The SMILES string of the molecule is CCNCC1CCCN1Cc1ccc(C(C)(C)C)cc1. The number of nitrogens with zero attached hydrogens (tertiary/aromatic N) is 1. The maximum Gasteiger partial charge on any atom is 0.0237 e. The van der Waals surface area contributed by atoms with Gasteiger partial charge in [0, 0.05) is 19.1 Å². The van der Waals surface area contributed by atoms with Crippen LogP contribution >= 0.6 is 0 Å². The Labute approximate surface area is 124 Å². The third-order valence-electron chi connectivity index (χ3n) is 4.33. The zero-order valence-corrected chi connectivity index (χ0v) is 13.6. The Balaban J connectivity index is 1.95. The van der Waals surface area contributed by atoms with E-state index < -0.39 is 0 Å². The average Bonchev–Trinajstić information content (AvgIpc) is 2.83. The van der Waals surface area contributed by atoms with Crippen molar-refractivity contribution < 1.29 is 0 Å². The largest absolute Gasteiger partial charge is 0.315 e. The van der Waals surface area contributed by atoms with Crippen LogP contribution in [-0.2, 0) is 12.0 Å². The Morgan fingerprint density at radius 1 is 1.20 bits per heavy atom. The molecule has 20 heavy (non-hydrogen) atoms. The first kappa shape index (κ1) is 15.5. The molecule has 1 fully saturated rings. The van der Waals surface area contributed by atoms with Gasteiger partial charge in [0.2, 0.25) is 0 Å². The molecule has 1 aliphatic rings.